The van der Waals surface area contributed by atoms with Crippen LogP contribution in [0.3, 0.4) is 0 Å². The first-order valence-electron chi connectivity index (χ1n) is 8.34. The number of rotatable bonds is 4. The van der Waals surface area contributed by atoms with Crippen LogP contribution in [0, 0.1) is 5.92 Å². The fourth-order valence-corrected chi connectivity index (χ4v) is 2.85. The standard InChI is InChI=1S/C17H30N4O/c1-13(2)11-20-8-6-15(7-9-20)19-16(22)14-10-18-21(12-14)17(3,4)5/h10,12-13,15H,6-9,11H2,1-5H3,(H,19,22). The van der Waals surface area contributed by atoms with Crippen molar-refractivity contribution < 1.29 is 4.79 Å². The molecule has 1 aromatic heterocycles. The molecular weight excluding hydrogens is 276 g/mol. The lowest BCUT2D eigenvalue weighted by Gasteiger charge is -2.33. The Labute approximate surface area is 134 Å². The van der Waals surface area contributed by atoms with Crippen LogP contribution >= 0.6 is 0 Å². The Hall–Kier alpha value is -1.36. The van der Waals surface area contributed by atoms with Gasteiger partial charge in [-0.1, -0.05) is 13.8 Å². The molecule has 0 saturated carbocycles. The number of hydrogen-bond donors (Lipinski definition) is 1. The van der Waals surface area contributed by atoms with Crippen LogP contribution < -0.4 is 5.32 Å². The summed E-state index contributed by atoms with van der Waals surface area (Å²) in [6.45, 7) is 14.0. The van der Waals surface area contributed by atoms with Crippen LogP contribution in [0.2, 0.25) is 0 Å². The molecule has 0 bridgehead atoms. The molecule has 5 nitrogen and oxygen atoms in total. The Kier molecular flexibility index (Phi) is 5.27. The molecule has 1 aliphatic heterocycles. The molecule has 0 atom stereocenters. The van der Waals surface area contributed by atoms with E-state index in [2.05, 4.69) is 49.9 Å². The van der Waals surface area contributed by atoms with Gasteiger partial charge < -0.3 is 10.2 Å². The zero-order valence-electron chi connectivity index (χ0n) is 14.6. The number of carbonyl (C=O) groups excluding carboxylic acids is 1. The zero-order chi connectivity index (χ0) is 16.3. The highest BCUT2D eigenvalue weighted by Crippen LogP contribution is 2.15. The van der Waals surface area contributed by atoms with Gasteiger partial charge in [0.25, 0.3) is 5.91 Å². The summed E-state index contributed by atoms with van der Waals surface area (Å²) >= 11 is 0. The third kappa shape index (κ3) is 4.57. The second kappa shape index (κ2) is 6.82. The minimum atomic E-state index is -0.0965. The molecule has 0 aliphatic carbocycles. The topological polar surface area (TPSA) is 50.2 Å². The fourth-order valence-electron chi connectivity index (χ4n) is 2.85. The van der Waals surface area contributed by atoms with Crippen molar-refractivity contribution in [2.75, 3.05) is 19.6 Å². The third-order valence-corrected chi connectivity index (χ3v) is 4.08. The van der Waals surface area contributed by atoms with Crippen molar-refractivity contribution in [2.24, 2.45) is 5.92 Å². The van der Waals surface area contributed by atoms with Crippen molar-refractivity contribution in [1.29, 1.82) is 0 Å². The van der Waals surface area contributed by atoms with Gasteiger partial charge in [-0.2, -0.15) is 5.10 Å². The molecule has 1 amide bonds. The number of nitrogens with zero attached hydrogens (tertiary/aromatic N) is 3. The van der Waals surface area contributed by atoms with Gasteiger partial charge in [-0.25, -0.2) is 0 Å². The highest BCUT2D eigenvalue weighted by atomic mass is 16.1. The lowest BCUT2D eigenvalue weighted by atomic mass is 10.0. The van der Waals surface area contributed by atoms with Gasteiger partial charge >= 0.3 is 0 Å². The summed E-state index contributed by atoms with van der Waals surface area (Å²) in [7, 11) is 0. The largest absolute Gasteiger partial charge is 0.349 e. The highest BCUT2D eigenvalue weighted by molar-refractivity contribution is 5.93. The fraction of sp³-hybridized carbons (Fsp3) is 0.765. The van der Waals surface area contributed by atoms with E-state index in [-0.39, 0.29) is 17.5 Å². The van der Waals surface area contributed by atoms with Crippen LogP contribution in [0.1, 0.15) is 57.8 Å². The highest BCUT2D eigenvalue weighted by Gasteiger charge is 2.23. The zero-order valence-corrected chi connectivity index (χ0v) is 14.6. The van der Waals surface area contributed by atoms with Gasteiger partial charge in [0.15, 0.2) is 0 Å². The van der Waals surface area contributed by atoms with E-state index in [1.807, 2.05) is 10.9 Å². The molecule has 5 heteroatoms. The Morgan fingerprint density at radius 1 is 1.36 bits per heavy atom. The minimum absolute atomic E-state index is 0.00203. The van der Waals surface area contributed by atoms with Gasteiger partial charge in [0.1, 0.15) is 0 Å². The van der Waals surface area contributed by atoms with Crippen LogP contribution in [-0.4, -0.2) is 46.3 Å². The van der Waals surface area contributed by atoms with Crippen molar-refractivity contribution in [1.82, 2.24) is 20.0 Å². The number of piperidine rings is 1. The lowest BCUT2D eigenvalue weighted by Crippen LogP contribution is -2.45. The Morgan fingerprint density at radius 2 is 2.00 bits per heavy atom. The monoisotopic (exact) mass is 306 g/mol. The number of amides is 1. The van der Waals surface area contributed by atoms with Crippen LogP contribution in [0.4, 0.5) is 0 Å². The van der Waals surface area contributed by atoms with E-state index in [4.69, 9.17) is 0 Å². The lowest BCUT2D eigenvalue weighted by molar-refractivity contribution is 0.0907. The third-order valence-electron chi connectivity index (χ3n) is 4.08. The Morgan fingerprint density at radius 3 is 2.50 bits per heavy atom. The molecule has 0 aromatic carbocycles. The quantitative estimate of drug-likeness (QED) is 0.930. The molecule has 1 fully saturated rings. The van der Waals surface area contributed by atoms with Crippen molar-refractivity contribution in [3.8, 4) is 0 Å². The van der Waals surface area contributed by atoms with Crippen molar-refractivity contribution >= 4 is 5.91 Å². The molecule has 2 heterocycles. The van der Waals surface area contributed by atoms with Gasteiger partial charge in [-0.3, -0.25) is 9.48 Å². The average molecular weight is 306 g/mol. The van der Waals surface area contributed by atoms with Gasteiger partial charge in [0.05, 0.1) is 17.3 Å². The number of aromatic nitrogens is 2. The second-order valence-electron chi connectivity index (χ2n) is 7.79. The van der Waals surface area contributed by atoms with Gasteiger partial charge in [-0.15, -0.1) is 0 Å². The van der Waals surface area contributed by atoms with Crippen molar-refractivity contribution in [2.45, 2.75) is 59.0 Å². The molecule has 1 aliphatic rings. The first kappa shape index (κ1) is 17.0. The molecular formula is C17H30N4O. The molecule has 1 N–H and O–H groups in total. The number of nitrogens with one attached hydrogen (secondary N) is 1. The molecule has 0 radical (unpaired) electrons. The maximum atomic E-state index is 12.3. The molecule has 22 heavy (non-hydrogen) atoms. The molecule has 124 valence electrons. The summed E-state index contributed by atoms with van der Waals surface area (Å²) < 4.78 is 1.84. The number of hydrogen-bond acceptors (Lipinski definition) is 3. The van der Waals surface area contributed by atoms with Crippen LogP contribution in [0.25, 0.3) is 0 Å². The number of carbonyl (C=O) groups is 1. The number of likely N-dealkylation sites (tertiary alicyclic amines) is 1. The van der Waals surface area contributed by atoms with Crippen molar-refractivity contribution in [3.05, 3.63) is 18.0 Å². The molecule has 1 aromatic rings. The molecule has 0 spiro atoms. The minimum Gasteiger partial charge on any atom is -0.349 e. The van der Waals surface area contributed by atoms with E-state index in [0.29, 0.717) is 11.5 Å². The van der Waals surface area contributed by atoms with Crippen molar-refractivity contribution in [3.63, 3.8) is 0 Å². The Balaban J connectivity index is 1.84. The Bertz CT molecular complexity index is 493. The smallest absolute Gasteiger partial charge is 0.254 e. The average Bonchev–Trinajstić information content (AvgIpc) is 2.90. The SMILES string of the molecule is CC(C)CN1CCC(NC(=O)c2cnn(C(C)(C)C)c2)CC1. The summed E-state index contributed by atoms with van der Waals surface area (Å²) in [6, 6.07) is 0.286. The van der Waals surface area contributed by atoms with Gasteiger partial charge in [-0.05, 0) is 39.5 Å². The van der Waals surface area contributed by atoms with Crippen LogP contribution in [-0.2, 0) is 5.54 Å². The summed E-state index contributed by atoms with van der Waals surface area (Å²) in [6.07, 6.45) is 5.56. The predicted molar refractivity (Wildman–Crippen MR) is 89.0 cm³/mol. The summed E-state index contributed by atoms with van der Waals surface area (Å²) in [5, 5.41) is 7.45. The second-order valence-corrected chi connectivity index (χ2v) is 7.79. The summed E-state index contributed by atoms with van der Waals surface area (Å²) in [5.74, 6) is 0.701. The predicted octanol–water partition coefficient (Wildman–Crippen LogP) is 2.49. The summed E-state index contributed by atoms with van der Waals surface area (Å²) in [4.78, 5) is 14.8. The van der Waals surface area contributed by atoms with E-state index in [1.54, 1.807) is 6.20 Å². The molecule has 2 rings (SSSR count). The molecule has 0 unspecified atom stereocenters. The summed E-state index contributed by atoms with van der Waals surface area (Å²) in [5.41, 5.74) is 0.556. The first-order valence-corrected chi connectivity index (χ1v) is 8.34. The van der Waals surface area contributed by atoms with E-state index in [0.717, 1.165) is 32.5 Å². The molecule has 1 saturated heterocycles. The van der Waals surface area contributed by atoms with E-state index < -0.39 is 0 Å². The van der Waals surface area contributed by atoms with Crippen LogP contribution in [0.5, 0.6) is 0 Å². The van der Waals surface area contributed by atoms with Crippen LogP contribution in [0.15, 0.2) is 12.4 Å². The maximum absolute atomic E-state index is 12.3. The van der Waals surface area contributed by atoms with Gasteiger partial charge in [0, 0.05) is 31.9 Å². The normalized spacial score (nSPS) is 17.9. The first-order chi connectivity index (χ1) is 10.3. The van der Waals surface area contributed by atoms with E-state index in [1.165, 1.54) is 0 Å². The van der Waals surface area contributed by atoms with E-state index in [9.17, 15) is 4.79 Å². The van der Waals surface area contributed by atoms with Gasteiger partial charge in [0.2, 0.25) is 0 Å². The maximum Gasteiger partial charge on any atom is 0.254 e. The van der Waals surface area contributed by atoms with E-state index >= 15 is 0 Å².